The van der Waals surface area contributed by atoms with Gasteiger partial charge in [-0.15, -0.1) is 0 Å². The van der Waals surface area contributed by atoms with Gasteiger partial charge in [0.05, 0.1) is 9.92 Å². The highest BCUT2D eigenvalue weighted by molar-refractivity contribution is 9.10. The van der Waals surface area contributed by atoms with Gasteiger partial charge in [-0.25, -0.2) is 8.42 Å². The minimum absolute atomic E-state index is 0.0441. The zero-order valence-corrected chi connectivity index (χ0v) is 21.7. The SMILES string of the molecule is CCc1cc(Br)cc(C)c1NC(=O)COc1ccc(S(=O)(=O)Nc2ccc(Cl)cc2)cc1Cl. The van der Waals surface area contributed by atoms with Crippen LogP contribution < -0.4 is 14.8 Å². The zero-order valence-electron chi connectivity index (χ0n) is 17.8. The second kappa shape index (κ2) is 10.8. The highest BCUT2D eigenvalue weighted by Gasteiger charge is 2.17. The Morgan fingerprint density at radius 3 is 2.39 bits per heavy atom. The number of hydrogen-bond donors (Lipinski definition) is 2. The fourth-order valence-electron chi connectivity index (χ4n) is 3.09. The first-order valence-corrected chi connectivity index (χ1v) is 12.9. The highest BCUT2D eigenvalue weighted by Crippen LogP contribution is 2.29. The van der Waals surface area contributed by atoms with Gasteiger partial charge in [0.1, 0.15) is 5.75 Å². The first-order chi connectivity index (χ1) is 15.6. The Labute approximate surface area is 211 Å². The summed E-state index contributed by atoms with van der Waals surface area (Å²) in [6.07, 6.45) is 0.753. The van der Waals surface area contributed by atoms with Crippen LogP contribution in [0.5, 0.6) is 5.75 Å². The van der Waals surface area contributed by atoms with Crippen molar-refractivity contribution in [3.63, 3.8) is 0 Å². The van der Waals surface area contributed by atoms with Crippen molar-refractivity contribution in [2.24, 2.45) is 0 Å². The third kappa shape index (κ3) is 6.63. The van der Waals surface area contributed by atoms with E-state index >= 15 is 0 Å². The predicted molar refractivity (Wildman–Crippen MR) is 136 cm³/mol. The molecule has 2 N–H and O–H groups in total. The Bertz CT molecular complexity index is 1280. The van der Waals surface area contributed by atoms with Crippen molar-refractivity contribution in [1.82, 2.24) is 0 Å². The zero-order chi connectivity index (χ0) is 24.2. The third-order valence-electron chi connectivity index (χ3n) is 4.70. The van der Waals surface area contributed by atoms with Gasteiger partial charge in [0.2, 0.25) is 0 Å². The van der Waals surface area contributed by atoms with Gasteiger partial charge in [-0.2, -0.15) is 0 Å². The summed E-state index contributed by atoms with van der Waals surface area (Å²) in [7, 11) is -3.87. The van der Waals surface area contributed by atoms with Gasteiger partial charge in [0, 0.05) is 20.9 Å². The fraction of sp³-hybridized carbons (Fsp3) is 0.174. The van der Waals surface area contributed by atoms with Gasteiger partial charge in [-0.1, -0.05) is 46.1 Å². The number of carbonyl (C=O) groups is 1. The van der Waals surface area contributed by atoms with E-state index in [1.165, 1.54) is 18.2 Å². The summed E-state index contributed by atoms with van der Waals surface area (Å²) in [6.45, 7) is 3.63. The molecule has 6 nitrogen and oxygen atoms in total. The van der Waals surface area contributed by atoms with Crippen molar-refractivity contribution in [3.05, 3.63) is 80.2 Å². The molecule has 0 heterocycles. The average Bonchev–Trinajstić information content (AvgIpc) is 2.76. The maximum absolute atomic E-state index is 12.6. The number of hydrogen-bond acceptors (Lipinski definition) is 4. The highest BCUT2D eigenvalue weighted by atomic mass is 79.9. The molecule has 0 saturated carbocycles. The second-order valence-electron chi connectivity index (χ2n) is 7.15. The van der Waals surface area contributed by atoms with E-state index in [1.807, 2.05) is 26.0 Å². The average molecular weight is 572 g/mol. The number of anilines is 2. The second-order valence-corrected chi connectivity index (χ2v) is 10.6. The smallest absolute Gasteiger partial charge is 0.262 e. The predicted octanol–water partition coefficient (Wildman–Crippen LogP) is 6.45. The van der Waals surface area contributed by atoms with E-state index < -0.39 is 10.0 Å². The molecule has 174 valence electrons. The lowest BCUT2D eigenvalue weighted by atomic mass is 10.1. The fourth-order valence-corrected chi connectivity index (χ4v) is 5.22. The van der Waals surface area contributed by atoms with E-state index in [0.29, 0.717) is 10.7 Å². The minimum Gasteiger partial charge on any atom is -0.482 e. The summed E-state index contributed by atoms with van der Waals surface area (Å²) in [5.41, 5.74) is 3.03. The van der Waals surface area contributed by atoms with Gasteiger partial charge >= 0.3 is 0 Å². The molecular formula is C23H21BrCl2N2O4S. The van der Waals surface area contributed by atoms with E-state index in [2.05, 4.69) is 26.0 Å². The lowest BCUT2D eigenvalue weighted by molar-refractivity contribution is -0.118. The van der Waals surface area contributed by atoms with Crippen molar-refractivity contribution < 1.29 is 17.9 Å². The molecule has 3 rings (SSSR count). The number of benzene rings is 3. The first kappa shape index (κ1) is 25.4. The number of halogens is 3. The normalized spacial score (nSPS) is 11.2. The number of amides is 1. The molecule has 1 amide bonds. The van der Waals surface area contributed by atoms with Crippen LogP contribution in [-0.4, -0.2) is 20.9 Å². The van der Waals surface area contributed by atoms with Crippen LogP contribution in [0.2, 0.25) is 10.0 Å². The molecule has 3 aromatic rings. The Kier molecular flexibility index (Phi) is 8.28. The summed E-state index contributed by atoms with van der Waals surface area (Å²) >= 11 is 15.5. The van der Waals surface area contributed by atoms with Crippen molar-refractivity contribution in [2.75, 3.05) is 16.6 Å². The van der Waals surface area contributed by atoms with E-state index in [1.54, 1.807) is 24.3 Å². The molecule has 0 aliphatic heterocycles. The van der Waals surface area contributed by atoms with Crippen molar-refractivity contribution >= 4 is 66.4 Å². The van der Waals surface area contributed by atoms with Crippen LogP contribution in [0.3, 0.4) is 0 Å². The molecule has 0 unspecified atom stereocenters. The van der Waals surface area contributed by atoms with Gasteiger partial charge < -0.3 is 10.1 Å². The molecule has 33 heavy (non-hydrogen) atoms. The van der Waals surface area contributed by atoms with Gasteiger partial charge in [-0.05, 0) is 79.1 Å². The molecule has 0 radical (unpaired) electrons. The molecule has 10 heteroatoms. The number of aryl methyl sites for hydroxylation is 2. The van der Waals surface area contributed by atoms with E-state index in [-0.39, 0.29) is 28.2 Å². The number of rotatable bonds is 8. The van der Waals surface area contributed by atoms with E-state index in [0.717, 1.165) is 27.7 Å². The van der Waals surface area contributed by atoms with Crippen LogP contribution in [0.4, 0.5) is 11.4 Å². The molecule has 0 atom stereocenters. The Morgan fingerprint density at radius 1 is 1.06 bits per heavy atom. The number of ether oxygens (including phenoxy) is 1. The van der Waals surface area contributed by atoms with Crippen molar-refractivity contribution in [1.29, 1.82) is 0 Å². The number of sulfonamides is 1. The largest absolute Gasteiger partial charge is 0.482 e. The maximum atomic E-state index is 12.6. The summed E-state index contributed by atoms with van der Waals surface area (Å²) < 4.78 is 34.2. The Morgan fingerprint density at radius 2 is 1.76 bits per heavy atom. The van der Waals surface area contributed by atoms with Crippen LogP contribution in [-0.2, 0) is 21.2 Å². The molecular weight excluding hydrogens is 551 g/mol. The first-order valence-electron chi connectivity index (χ1n) is 9.88. The van der Waals surface area contributed by atoms with Crippen molar-refractivity contribution in [3.8, 4) is 5.75 Å². The standard InChI is InChI=1S/C23H21BrCl2N2O4S/c1-3-15-11-16(24)10-14(2)23(15)27-22(29)13-32-21-9-8-19(12-20(21)26)33(30,31)28-18-6-4-17(25)5-7-18/h4-12,28H,3,13H2,1-2H3,(H,27,29). The lowest BCUT2D eigenvalue weighted by Gasteiger charge is -2.15. The topological polar surface area (TPSA) is 84.5 Å². The molecule has 0 saturated heterocycles. The van der Waals surface area contributed by atoms with Crippen LogP contribution >= 0.6 is 39.1 Å². The summed E-state index contributed by atoms with van der Waals surface area (Å²) in [5.74, 6) is -0.159. The molecule has 0 aromatic heterocycles. The van der Waals surface area contributed by atoms with Crippen LogP contribution in [0, 0.1) is 6.92 Å². The maximum Gasteiger partial charge on any atom is 0.262 e. The summed E-state index contributed by atoms with van der Waals surface area (Å²) in [6, 6.07) is 14.2. The summed E-state index contributed by atoms with van der Waals surface area (Å²) in [5, 5.41) is 3.43. The van der Waals surface area contributed by atoms with Crippen LogP contribution in [0.15, 0.2) is 64.0 Å². The molecule has 0 bridgehead atoms. The van der Waals surface area contributed by atoms with Gasteiger partial charge in [-0.3, -0.25) is 9.52 Å². The third-order valence-corrected chi connectivity index (χ3v) is 7.08. The van der Waals surface area contributed by atoms with Crippen LogP contribution in [0.25, 0.3) is 0 Å². The summed E-state index contributed by atoms with van der Waals surface area (Å²) in [4.78, 5) is 12.4. The molecule has 0 aliphatic carbocycles. The molecule has 0 spiro atoms. The molecule has 0 fully saturated rings. The lowest BCUT2D eigenvalue weighted by Crippen LogP contribution is -2.21. The van der Waals surface area contributed by atoms with E-state index in [4.69, 9.17) is 27.9 Å². The Balaban J connectivity index is 1.67. The molecule has 3 aromatic carbocycles. The monoisotopic (exact) mass is 570 g/mol. The minimum atomic E-state index is -3.87. The van der Waals surface area contributed by atoms with Crippen molar-refractivity contribution in [2.45, 2.75) is 25.2 Å². The van der Waals surface area contributed by atoms with Gasteiger partial charge in [0.15, 0.2) is 6.61 Å². The quantitative estimate of drug-likeness (QED) is 0.325. The van der Waals surface area contributed by atoms with Crippen LogP contribution in [0.1, 0.15) is 18.1 Å². The number of nitrogens with one attached hydrogen (secondary N) is 2. The number of carbonyl (C=O) groups excluding carboxylic acids is 1. The van der Waals surface area contributed by atoms with Gasteiger partial charge in [0.25, 0.3) is 15.9 Å². The molecule has 0 aliphatic rings. The van der Waals surface area contributed by atoms with E-state index in [9.17, 15) is 13.2 Å². The Hall–Kier alpha value is -2.26.